The van der Waals surface area contributed by atoms with Crippen LogP contribution in [0, 0.1) is 12.3 Å². The van der Waals surface area contributed by atoms with Crippen LogP contribution in [0.5, 0.6) is 0 Å². The van der Waals surface area contributed by atoms with Gasteiger partial charge in [-0.2, -0.15) is 0 Å². The maximum absolute atomic E-state index is 12.2. The van der Waals surface area contributed by atoms with Gasteiger partial charge in [0.1, 0.15) is 6.04 Å². The summed E-state index contributed by atoms with van der Waals surface area (Å²) >= 11 is 0. The van der Waals surface area contributed by atoms with Gasteiger partial charge in [-0.3, -0.25) is 4.79 Å². The van der Waals surface area contributed by atoms with Crippen molar-refractivity contribution in [1.29, 1.82) is 0 Å². The minimum absolute atomic E-state index is 0.0423. The van der Waals surface area contributed by atoms with Gasteiger partial charge in [-0.1, -0.05) is 51.1 Å². The van der Waals surface area contributed by atoms with Crippen molar-refractivity contribution in [2.24, 2.45) is 5.41 Å². The van der Waals surface area contributed by atoms with Gasteiger partial charge in [-0.05, 0) is 5.56 Å². The Morgan fingerprint density at radius 3 is 2.43 bits per heavy atom. The molecule has 112 valence electrons. The van der Waals surface area contributed by atoms with Crippen molar-refractivity contribution in [3.8, 4) is 0 Å². The van der Waals surface area contributed by atoms with Gasteiger partial charge >= 0.3 is 0 Å². The predicted molar refractivity (Wildman–Crippen MR) is 79.5 cm³/mol. The standard InChI is InChI=1S/C16H21N3O2/c1-11-18-19-14(21-11)13(17-15(20)16(2,3)4)10-12-8-6-5-7-9-12/h5-9,13H,10H2,1-4H3,(H,17,20). The van der Waals surface area contributed by atoms with E-state index in [-0.39, 0.29) is 11.9 Å². The number of rotatable bonds is 4. The highest BCUT2D eigenvalue weighted by molar-refractivity contribution is 5.81. The molecule has 2 rings (SSSR count). The van der Waals surface area contributed by atoms with Crippen LogP contribution in [0.3, 0.4) is 0 Å². The van der Waals surface area contributed by atoms with Crippen molar-refractivity contribution >= 4 is 5.91 Å². The Bertz CT molecular complexity index is 599. The normalized spacial score (nSPS) is 13.0. The smallest absolute Gasteiger partial charge is 0.239 e. The second kappa shape index (κ2) is 6.08. The van der Waals surface area contributed by atoms with E-state index in [9.17, 15) is 4.79 Å². The average molecular weight is 287 g/mol. The van der Waals surface area contributed by atoms with Crippen LogP contribution in [0.1, 0.15) is 44.2 Å². The molecule has 1 atom stereocenters. The molecule has 21 heavy (non-hydrogen) atoms. The second-order valence-corrected chi connectivity index (χ2v) is 6.13. The highest BCUT2D eigenvalue weighted by atomic mass is 16.4. The highest BCUT2D eigenvalue weighted by Crippen LogP contribution is 2.21. The quantitative estimate of drug-likeness (QED) is 0.939. The van der Waals surface area contributed by atoms with Crippen molar-refractivity contribution in [1.82, 2.24) is 15.5 Å². The van der Waals surface area contributed by atoms with Crippen LogP contribution < -0.4 is 5.32 Å². The molecule has 1 N–H and O–H groups in total. The number of nitrogens with one attached hydrogen (secondary N) is 1. The molecule has 2 aromatic rings. The van der Waals surface area contributed by atoms with E-state index in [4.69, 9.17) is 4.42 Å². The summed E-state index contributed by atoms with van der Waals surface area (Å²) in [6.45, 7) is 7.37. The number of amides is 1. The Balaban J connectivity index is 2.21. The number of nitrogens with zero attached hydrogens (tertiary/aromatic N) is 2. The second-order valence-electron chi connectivity index (χ2n) is 6.13. The summed E-state index contributed by atoms with van der Waals surface area (Å²) in [4.78, 5) is 12.2. The first-order valence-corrected chi connectivity index (χ1v) is 7.01. The number of carbonyl (C=O) groups is 1. The number of aromatic nitrogens is 2. The molecule has 0 bridgehead atoms. The molecule has 0 saturated heterocycles. The van der Waals surface area contributed by atoms with Gasteiger partial charge in [-0.15, -0.1) is 10.2 Å². The molecule has 1 aromatic carbocycles. The van der Waals surface area contributed by atoms with Crippen LogP contribution in [-0.4, -0.2) is 16.1 Å². The zero-order valence-electron chi connectivity index (χ0n) is 12.9. The van der Waals surface area contributed by atoms with Gasteiger partial charge in [0.05, 0.1) is 0 Å². The molecule has 1 heterocycles. The van der Waals surface area contributed by atoms with Crippen molar-refractivity contribution in [2.45, 2.75) is 40.2 Å². The average Bonchev–Trinajstić information content (AvgIpc) is 2.84. The van der Waals surface area contributed by atoms with E-state index < -0.39 is 5.41 Å². The lowest BCUT2D eigenvalue weighted by atomic mass is 9.94. The highest BCUT2D eigenvalue weighted by Gasteiger charge is 2.27. The predicted octanol–water partition coefficient (Wildman–Crippen LogP) is 2.82. The third kappa shape index (κ3) is 4.15. The van der Waals surface area contributed by atoms with E-state index in [1.54, 1.807) is 6.92 Å². The van der Waals surface area contributed by atoms with Gasteiger partial charge in [0.25, 0.3) is 0 Å². The summed E-state index contributed by atoms with van der Waals surface area (Å²) in [5.74, 6) is 0.890. The summed E-state index contributed by atoms with van der Waals surface area (Å²) in [7, 11) is 0. The van der Waals surface area contributed by atoms with Gasteiger partial charge in [0.2, 0.25) is 17.7 Å². The molecule has 0 aliphatic heterocycles. The lowest BCUT2D eigenvalue weighted by Gasteiger charge is -2.22. The Hall–Kier alpha value is -2.17. The van der Waals surface area contributed by atoms with E-state index in [0.29, 0.717) is 18.2 Å². The molecule has 0 fully saturated rings. The van der Waals surface area contributed by atoms with Gasteiger partial charge in [0, 0.05) is 18.8 Å². The van der Waals surface area contributed by atoms with Crippen LogP contribution in [0.4, 0.5) is 0 Å². The molecule has 0 aliphatic carbocycles. The maximum atomic E-state index is 12.2. The minimum Gasteiger partial charge on any atom is -0.423 e. The molecule has 0 aliphatic rings. The number of hydrogen-bond donors (Lipinski definition) is 1. The summed E-state index contributed by atoms with van der Waals surface area (Å²) in [6.07, 6.45) is 0.615. The number of carbonyl (C=O) groups excluding carboxylic acids is 1. The van der Waals surface area contributed by atoms with Crippen LogP contribution in [0.25, 0.3) is 0 Å². The van der Waals surface area contributed by atoms with Gasteiger partial charge in [0.15, 0.2) is 0 Å². The SMILES string of the molecule is Cc1nnc(C(Cc2ccccc2)NC(=O)C(C)(C)C)o1. The van der Waals surface area contributed by atoms with E-state index in [1.165, 1.54) is 0 Å². The summed E-state index contributed by atoms with van der Waals surface area (Å²) in [5.41, 5.74) is 0.636. The first-order chi connectivity index (χ1) is 9.86. The minimum atomic E-state index is -0.468. The third-order valence-electron chi connectivity index (χ3n) is 3.11. The van der Waals surface area contributed by atoms with Crippen LogP contribution >= 0.6 is 0 Å². The molecule has 0 saturated carbocycles. The Morgan fingerprint density at radius 1 is 1.24 bits per heavy atom. The fourth-order valence-electron chi connectivity index (χ4n) is 1.88. The Kier molecular flexibility index (Phi) is 4.40. The van der Waals surface area contributed by atoms with Crippen LogP contribution in [-0.2, 0) is 11.2 Å². The maximum Gasteiger partial charge on any atom is 0.239 e. The third-order valence-corrected chi connectivity index (χ3v) is 3.11. The van der Waals surface area contributed by atoms with Crippen LogP contribution in [0.15, 0.2) is 34.7 Å². The van der Waals surface area contributed by atoms with Gasteiger partial charge in [-0.25, -0.2) is 0 Å². The van der Waals surface area contributed by atoms with E-state index >= 15 is 0 Å². The topological polar surface area (TPSA) is 68.0 Å². The van der Waals surface area contributed by atoms with E-state index in [2.05, 4.69) is 15.5 Å². The van der Waals surface area contributed by atoms with Crippen molar-refractivity contribution in [3.63, 3.8) is 0 Å². The lowest BCUT2D eigenvalue weighted by molar-refractivity contribution is -0.129. The molecular weight excluding hydrogens is 266 g/mol. The fourth-order valence-corrected chi connectivity index (χ4v) is 1.88. The molecule has 1 unspecified atom stereocenters. The van der Waals surface area contributed by atoms with Crippen molar-refractivity contribution in [3.05, 3.63) is 47.7 Å². The zero-order valence-corrected chi connectivity index (χ0v) is 12.9. The first-order valence-electron chi connectivity index (χ1n) is 7.01. The Labute approximate surface area is 124 Å². The molecule has 5 heteroatoms. The van der Waals surface area contributed by atoms with Crippen LogP contribution in [0.2, 0.25) is 0 Å². The molecule has 0 radical (unpaired) electrons. The molecule has 1 aromatic heterocycles. The number of hydrogen-bond acceptors (Lipinski definition) is 4. The largest absolute Gasteiger partial charge is 0.423 e. The summed E-state index contributed by atoms with van der Waals surface area (Å²) in [6, 6.07) is 9.61. The van der Waals surface area contributed by atoms with Crippen molar-refractivity contribution in [2.75, 3.05) is 0 Å². The number of aryl methyl sites for hydroxylation is 1. The Morgan fingerprint density at radius 2 is 1.90 bits per heavy atom. The van der Waals surface area contributed by atoms with E-state index in [0.717, 1.165) is 5.56 Å². The first kappa shape index (κ1) is 15.2. The zero-order chi connectivity index (χ0) is 15.5. The number of benzene rings is 1. The molecule has 5 nitrogen and oxygen atoms in total. The molecular formula is C16H21N3O2. The molecule has 0 spiro atoms. The van der Waals surface area contributed by atoms with E-state index in [1.807, 2.05) is 51.1 Å². The van der Waals surface area contributed by atoms with Crippen molar-refractivity contribution < 1.29 is 9.21 Å². The van der Waals surface area contributed by atoms with Gasteiger partial charge < -0.3 is 9.73 Å². The summed E-state index contributed by atoms with van der Waals surface area (Å²) < 4.78 is 5.49. The lowest BCUT2D eigenvalue weighted by Crippen LogP contribution is -2.38. The monoisotopic (exact) mass is 287 g/mol. The molecule has 1 amide bonds. The summed E-state index contributed by atoms with van der Waals surface area (Å²) in [5, 5.41) is 10.9. The fraction of sp³-hybridized carbons (Fsp3) is 0.438.